The van der Waals surface area contributed by atoms with E-state index in [1.807, 2.05) is 0 Å². The Kier molecular flexibility index (Phi) is 6.74. The summed E-state index contributed by atoms with van der Waals surface area (Å²) < 4.78 is 64.8. The molecule has 162 valence electrons. The number of halogens is 4. The van der Waals surface area contributed by atoms with Crippen molar-refractivity contribution in [3.05, 3.63) is 64.7 Å². The zero-order chi connectivity index (χ0) is 21.9. The summed E-state index contributed by atoms with van der Waals surface area (Å²) in [5, 5.41) is 3.01. The lowest BCUT2D eigenvalue weighted by Crippen LogP contribution is -2.44. The van der Waals surface area contributed by atoms with Gasteiger partial charge in [-0.15, -0.1) is 0 Å². The number of piperidine rings is 1. The molecule has 1 amide bonds. The van der Waals surface area contributed by atoms with Gasteiger partial charge in [0.2, 0.25) is 15.9 Å². The second kappa shape index (κ2) is 8.95. The number of benzene rings is 2. The molecule has 1 heterocycles. The number of sulfonamides is 1. The quantitative estimate of drug-likeness (QED) is 0.712. The number of rotatable bonds is 5. The van der Waals surface area contributed by atoms with Crippen LogP contribution in [0.25, 0.3) is 0 Å². The fourth-order valence-electron chi connectivity index (χ4n) is 3.32. The van der Waals surface area contributed by atoms with Gasteiger partial charge in [-0.2, -0.15) is 13.2 Å². The maximum atomic E-state index is 12.8. The molecule has 10 heteroatoms. The van der Waals surface area contributed by atoms with E-state index in [4.69, 9.17) is 11.6 Å². The molecular weight excluding hydrogens is 441 g/mol. The topological polar surface area (TPSA) is 66.5 Å². The predicted molar refractivity (Wildman–Crippen MR) is 108 cm³/mol. The van der Waals surface area contributed by atoms with Gasteiger partial charge in [0.05, 0.1) is 17.2 Å². The van der Waals surface area contributed by atoms with Gasteiger partial charge in [-0.1, -0.05) is 23.7 Å². The number of carbonyl (C=O) groups excluding carboxylic acids is 1. The highest BCUT2D eigenvalue weighted by Gasteiger charge is 2.33. The molecule has 0 aliphatic carbocycles. The van der Waals surface area contributed by atoms with E-state index in [0.29, 0.717) is 30.0 Å². The van der Waals surface area contributed by atoms with Crippen LogP contribution in [0.2, 0.25) is 5.02 Å². The van der Waals surface area contributed by atoms with E-state index in [1.165, 1.54) is 16.4 Å². The molecule has 0 radical (unpaired) electrons. The molecule has 3 rings (SSSR count). The Morgan fingerprint density at radius 2 is 1.87 bits per heavy atom. The summed E-state index contributed by atoms with van der Waals surface area (Å²) in [5.41, 5.74) is -0.0258. The Labute approximate surface area is 177 Å². The SMILES string of the molecule is O=C(Nc1ccc(C(F)(F)F)cc1)[C@H]1CCCN(S(=O)(=O)Cc2cccc(Cl)c2)C1. The standard InChI is InChI=1S/C20H20ClF3N2O3S/c21-17-5-1-3-14(11-17)13-30(28,29)26-10-2-4-15(12-26)19(27)25-18-8-6-16(7-9-18)20(22,23)24/h1,3,5-9,11,15H,2,4,10,12-13H2,(H,25,27)/t15-/m0/s1. The van der Waals surface area contributed by atoms with Gasteiger partial charge in [-0.05, 0) is 54.8 Å². The fourth-order valence-corrected chi connectivity index (χ4v) is 5.14. The molecule has 0 aromatic heterocycles. The van der Waals surface area contributed by atoms with Gasteiger partial charge in [0, 0.05) is 23.8 Å². The van der Waals surface area contributed by atoms with E-state index >= 15 is 0 Å². The molecule has 2 aromatic rings. The van der Waals surface area contributed by atoms with Crippen LogP contribution >= 0.6 is 11.6 Å². The van der Waals surface area contributed by atoms with Crippen molar-refractivity contribution < 1.29 is 26.4 Å². The van der Waals surface area contributed by atoms with Gasteiger partial charge in [-0.25, -0.2) is 12.7 Å². The first-order chi connectivity index (χ1) is 14.0. The number of anilines is 1. The lowest BCUT2D eigenvalue weighted by Gasteiger charge is -2.31. The summed E-state index contributed by atoms with van der Waals surface area (Å²) in [5.74, 6) is -1.23. The number of nitrogens with zero attached hydrogens (tertiary/aromatic N) is 1. The zero-order valence-corrected chi connectivity index (χ0v) is 17.4. The van der Waals surface area contributed by atoms with Gasteiger partial charge in [0.1, 0.15) is 0 Å². The van der Waals surface area contributed by atoms with Crippen LogP contribution < -0.4 is 5.32 Å². The Morgan fingerprint density at radius 3 is 2.50 bits per heavy atom. The van der Waals surface area contributed by atoms with Crippen molar-refractivity contribution in [3.63, 3.8) is 0 Å². The highest BCUT2D eigenvalue weighted by atomic mass is 35.5. The molecule has 0 spiro atoms. The van der Waals surface area contributed by atoms with E-state index < -0.39 is 33.6 Å². The molecule has 1 atom stereocenters. The summed E-state index contributed by atoms with van der Waals surface area (Å²) in [6.45, 7) is 0.336. The molecule has 1 fully saturated rings. The molecule has 0 bridgehead atoms. The van der Waals surface area contributed by atoms with Crippen molar-refractivity contribution in [2.75, 3.05) is 18.4 Å². The van der Waals surface area contributed by atoms with Crippen molar-refractivity contribution in [3.8, 4) is 0 Å². The first kappa shape index (κ1) is 22.6. The van der Waals surface area contributed by atoms with Gasteiger partial charge < -0.3 is 5.32 Å². The zero-order valence-electron chi connectivity index (χ0n) is 15.8. The normalized spacial score (nSPS) is 18.2. The number of nitrogens with one attached hydrogen (secondary N) is 1. The molecular formula is C20H20ClF3N2O3S. The average Bonchev–Trinajstić information content (AvgIpc) is 2.67. The largest absolute Gasteiger partial charge is 0.416 e. The van der Waals surface area contributed by atoms with Crippen molar-refractivity contribution in [2.45, 2.75) is 24.8 Å². The van der Waals surface area contributed by atoms with E-state index in [2.05, 4.69) is 5.32 Å². The summed E-state index contributed by atoms with van der Waals surface area (Å²) in [6.07, 6.45) is -3.45. The maximum absolute atomic E-state index is 12.8. The van der Waals surface area contributed by atoms with Crippen LogP contribution in [0.5, 0.6) is 0 Å². The highest BCUT2D eigenvalue weighted by Crippen LogP contribution is 2.30. The minimum absolute atomic E-state index is 0.0232. The number of amides is 1. The molecule has 1 saturated heterocycles. The van der Waals surface area contributed by atoms with E-state index in [1.54, 1.807) is 24.3 Å². The Hall–Kier alpha value is -2.10. The van der Waals surface area contributed by atoms with Crippen molar-refractivity contribution in [2.24, 2.45) is 5.92 Å². The second-order valence-electron chi connectivity index (χ2n) is 7.15. The molecule has 1 aliphatic rings. The first-order valence-corrected chi connectivity index (χ1v) is 11.2. The second-order valence-corrected chi connectivity index (χ2v) is 9.55. The fraction of sp³-hybridized carbons (Fsp3) is 0.350. The third kappa shape index (κ3) is 5.74. The molecule has 2 aromatic carbocycles. The van der Waals surface area contributed by atoms with Gasteiger partial charge >= 0.3 is 6.18 Å². The van der Waals surface area contributed by atoms with Crippen LogP contribution in [0, 0.1) is 5.92 Å². The molecule has 1 N–H and O–H groups in total. The highest BCUT2D eigenvalue weighted by molar-refractivity contribution is 7.88. The van der Waals surface area contributed by atoms with Gasteiger partial charge in [-0.3, -0.25) is 4.79 Å². The Morgan fingerprint density at radius 1 is 1.17 bits per heavy atom. The molecule has 5 nitrogen and oxygen atoms in total. The van der Waals surface area contributed by atoms with Crippen LogP contribution in [0.15, 0.2) is 48.5 Å². The van der Waals surface area contributed by atoms with Crippen LogP contribution in [-0.2, 0) is 26.7 Å². The monoisotopic (exact) mass is 460 g/mol. The Bertz CT molecular complexity index is 1010. The summed E-state index contributed by atoms with van der Waals surface area (Å²) in [4.78, 5) is 12.6. The first-order valence-electron chi connectivity index (χ1n) is 9.25. The van der Waals surface area contributed by atoms with E-state index in [0.717, 1.165) is 12.1 Å². The third-order valence-electron chi connectivity index (χ3n) is 4.87. The Balaban J connectivity index is 1.64. The maximum Gasteiger partial charge on any atom is 0.416 e. The summed E-state index contributed by atoms with van der Waals surface area (Å²) in [6, 6.07) is 10.7. The van der Waals surface area contributed by atoms with Crippen LogP contribution in [0.3, 0.4) is 0 Å². The summed E-state index contributed by atoms with van der Waals surface area (Å²) in [7, 11) is -3.64. The van der Waals surface area contributed by atoms with Crippen LogP contribution in [0.4, 0.5) is 18.9 Å². The average molecular weight is 461 g/mol. The number of hydrogen-bond acceptors (Lipinski definition) is 3. The van der Waals surface area contributed by atoms with Crippen LogP contribution in [0.1, 0.15) is 24.0 Å². The molecule has 0 saturated carbocycles. The number of carbonyl (C=O) groups is 1. The molecule has 30 heavy (non-hydrogen) atoms. The predicted octanol–water partition coefficient (Wildman–Crippen LogP) is 4.54. The van der Waals surface area contributed by atoms with Crippen molar-refractivity contribution in [1.82, 2.24) is 4.31 Å². The van der Waals surface area contributed by atoms with E-state index in [-0.39, 0.29) is 18.0 Å². The summed E-state index contributed by atoms with van der Waals surface area (Å²) >= 11 is 5.91. The minimum Gasteiger partial charge on any atom is -0.326 e. The van der Waals surface area contributed by atoms with Crippen LogP contribution in [-0.4, -0.2) is 31.7 Å². The lowest BCUT2D eigenvalue weighted by molar-refractivity contribution is -0.137. The minimum atomic E-state index is -4.45. The number of alkyl halides is 3. The van der Waals surface area contributed by atoms with E-state index in [9.17, 15) is 26.4 Å². The van der Waals surface area contributed by atoms with Gasteiger partial charge in [0.25, 0.3) is 0 Å². The van der Waals surface area contributed by atoms with Crippen molar-refractivity contribution >= 4 is 33.2 Å². The molecule has 0 unspecified atom stereocenters. The smallest absolute Gasteiger partial charge is 0.326 e. The van der Waals surface area contributed by atoms with Gasteiger partial charge in [0.15, 0.2) is 0 Å². The third-order valence-corrected chi connectivity index (χ3v) is 6.92. The number of hydrogen-bond donors (Lipinski definition) is 1. The lowest BCUT2D eigenvalue weighted by atomic mass is 9.98. The molecule has 1 aliphatic heterocycles. The van der Waals surface area contributed by atoms with Crippen molar-refractivity contribution in [1.29, 1.82) is 0 Å².